The molecular weight excluding hydrogens is 845 g/mol. The van der Waals surface area contributed by atoms with E-state index in [4.69, 9.17) is 0 Å². The van der Waals surface area contributed by atoms with Gasteiger partial charge in [0.15, 0.2) is 0 Å². The summed E-state index contributed by atoms with van der Waals surface area (Å²) in [5, 5.41) is 7.56. The van der Waals surface area contributed by atoms with Gasteiger partial charge in [-0.25, -0.2) is 0 Å². The lowest BCUT2D eigenvalue weighted by atomic mass is 9.88. The zero-order valence-corrected chi connectivity index (χ0v) is 38.5. The fourth-order valence-corrected chi connectivity index (χ4v) is 10.8. The zero-order valence-electron chi connectivity index (χ0n) is 38.5. The summed E-state index contributed by atoms with van der Waals surface area (Å²) < 4.78 is 2.37. The Labute approximate surface area is 408 Å². The van der Waals surface area contributed by atoms with Crippen molar-refractivity contribution in [2.24, 2.45) is 0 Å². The molecule has 0 amide bonds. The molecule has 1 heterocycles. The van der Waals surface area contributed by atoms with Gasteiger partial charge in [-0.3, -0.25) is 0 Å². The molecule has 2 heteroatoms. The van der Waals surface area contributed by atoms with Gasteiger partial charge in [-0.05, 0) is 132 Å². The van der Waals surface area contributed by atoms with Gasteiger partial charge >= 0.3 is 0 Å². The number of anilines is 3. The standard InChI is InChI=1S/C68H46N2/c1-2-18-49(19-3-1)55-21-6-7-23-57(55)59-25-9-10-26-60(59)62-28-12-15-31-66(62)69(53-44-38-50(39-45-53)65-46-51-20-4-5-22-56(51)58-24-8-11-27-61(58)65)52-40-34-47(35-41-52)48-36-42-54(43-37-48)70-67-32-16-13-29-63(67)64-30-14-17-33-68(64)70/h1-46H. The molecule has 0 atom stereocenters. The van der Waals surface area contributed by atoms with Crippen LogP contribution in [-0.2, 0) is 0 Å². The number of rotatable bonds is 9. The van der Waals surface area contributed by atoms with E-state index >= 15 is 0 Å². The number of benzene rings is 12. The lowest BCUT2D eigenvalue weighted by Gasteiger charge is -2.29. The summed E-state index contributed by atoms with van der Waals surface area (Å²) in [7, 11) is 0. The number of hydrogen-bond acceptors (Lipinski definition) is 1. The Morgan fingerprint density at radius 2 is 0.657 bits per heavy atom. The van der Waals surface area contributed by atoms with E-state index in [0.717, 1.165) is 33.9 Å². The molecule has 12 aromatic carbocycles. The van der Waals surface area contributed by atoms with Crippen LogP contribution >= 0.6 is 0 Å². The summed E-state index contributed by atoms with van der Waals surface area (Å²) in [6.45, 7) is 0. The molecule has 0 N–H and O–H groups in total. The Morgan fingerprint density at radius 1 is 0.243 bits per heavy atom. The van der Waals surface area contributed by atoms with Gasteiger partial charge in [0, 0.05) is 33.4 Å². The Bertz CT molecular complexity index is 3980. The van der Waals surface area contributed by atoms with Crippen LogP contribution in [0.4, 0.5) is 17.1 Å². The summed E-state index contributed by atoms with van der Waals surface area (Å²) in [5.41, 5.74) is 18.7. The quantitative estimate of drug-likeness (QED) is 0.131. The average molecular weight is 891 g/mol. The van der Waals surface area contributed by atoms with Crippen molar-refractivity contribution in [2.45, 2.75) is 0 Å². The summed E-state index contributed by atoms with van der Waals surface area (Å²) in [6, 6.07) is 102. The number of aromatic nitrogens is 1. The fourth-order valence-electron chi connectivity index (χ4n) is 10.8. The summed E-state index contributed by atoms with van der Waals surface area (Å²) >= 11 is 0. The molecule has 0 aliphatic heterocycles. The van der Waals surface area contributed by atoms with Crippen LogP contribution in [0.1, 0.15) is 0 Å². The van der Waals surface area contributed by atoms with Crippen molar-refractivity contribution < 1.29 is 0 Å². The Kier molecular flexibility index (Phi) is 10.2. The lowest BCUT2D eigenvalue weighted by molar-refractivity contribution is 1.18. The van der Waals surface area contributed by atoms with Gasteiger partial charge in [-0.15, -0.1) is 0 Å². The summed E-state index contributed by atoms with van der Waals surface area (Å²) in [6.07, 6.45) is 0. The maximum Gasteiger partial charge on any atom is 0.0541 e. The van der Waals surface area contributed by atoms with Crippen LogP contribution in [0.5, 0.6) is 0 Å². The van der Waals surface area contributed by atoms with Crippen molar-refractivity contribution in [3.63, 3.8) is 0 Å². The number of fused-ring (bicyclic) bond motifs is 6. The number of hydrogen-bond donors (Lipinski definition) is 0. The van der Waals surface area contributed by atoms with Crippen molar-refractivity contribution in [3.8, 4) is 61.3 Å². The monoisotopic (exact) mass is 890 g/mol. The highest BCUT2D eigenvalue weighted by molar-refractivity contribution is 6.14. The van der Waals surface area contributed by atoms with Crippen molar-refractivity contribution >= 4 is 60.4 Å². The molecule has 0 aliphatic carbocycles. The largest absolute Gasteiger partial charge is 0.310 e. The fraction of sp³-hybridized carbons (Fsp3) is 0. The Morgan fingerprint density at radius 3 is 1.29 bits per heavy atom. The van der Waals surface area contributed by atoms with Gasteiger partial charge in [-0.2, -0.15) is 0 Å². The molecule has 0 spiro atoms. The maximum atomic E-state index is 2.42. The first-order chi connectivity index (χ1) is 34.7. The number of nitrogens with zero attached hydrogens (tertiary/aromatic N) is 2. The second-order valence-corrected chi connectivity index (χ2v) is 18.0. The van der Waals surface area contributed by atoms with Crippen molar-refractivity contribution in [1.29, 1.82) is 0 Å². The Balaban J connectivity index is 0.928. The Hall–Kier alpha value is -9.24. The van der Waals surface area contributed by atoms with E-state index in [1.54, 1.807) is 0 Å². The van der Waals surface area contributed by atoms with Gasteiger partial charge in [0.2, 0.25) is 0 Å². The van der Waals surface area contributed by atoms with Crippen LogP contribution in [0, 0.1) is 0 Å². The molecule has 13 rings (SSSR count). The van der Waals surface area contributed by atoms with Crippen LogP contribution in [0.2, 0.25) is 0 Å². The zero-order chi connectivity index (χ0) is 46.4. The molecule has 2 nitrogen and oxygen atoms in total. The van der Waals surface area contributed by atoms with Crippen LogP contribution in [-0.4, -0.2) is 4.57 Å². The molecule has 328 valence electrons. The maximum absolute atomic E-state index is 2.42. The van der Waals surface area contributed by atoms with Gasteiger partial charge in [0.05, 0.1) is 16.7 Å². The SMILES string of the molecule is c1ccc(-c2ccccc2-c2ccccc2-c2ccccc2N(c2ccc(-c3ccc(-n4c5ccccc5c5ccccc54)cc3)cc2)c2ccc(-c3cc4ccccc4c4ccccc34)cc2)cc1. The van der Waals surface area contributed by atoms with E-state index in [1.165, 1.54) is 87.9 Å². The molecule has 0 bridgehead atoms. The van der Waals surface area contributed by atoms with Crippen LogP contribution in [0.25, 0.3) is 105 Å². The molecule has 0 radical (unpaired) electrons. The third-order valence-electron chi connectivity index (χ3n) is 14.0. The third-order valence-corrected chi connectivity index (χ3v) is 14.0. The van der Waals surface area contributed by atoms with E-state index in [1.807, 2.05) is 0 Å². The highest BCUT2D eigenvalue weighted by Gasteiger charge is 2.21. The molecular formula is C68H46N2. The van der Waals surface area contributed by atoms with E-state index in [2.05, 4.69) is 289 Å². The molecule has 0 fully saturated rings. The van der Waals surface area contributed by atoms with Gasteiger partial charge in [0.25, 0.3) is 0 Å². The topological polar surface area (TPSA) is 8.17 Å². The minimum atomic E-state index is 1.07. The van der Waals surface area contributed by atoms with Crippen LogP contribution in [0.15, 0.2) is 279 Å². The smallest absolute Gasteiger partial charge is 0.0541 e. The number of para-hydroxylation sites is 3. The lowest BCUT2D eigenvalue weighted by Crippen LogP contribution is -2.11. The van der Waals surface area contributed by atoms with E-state index in [0.29, 0.717) is 0 Å². The predicted octanol–water partition coefficient (Wildman–Crippen LogP) is 18.9. The first kappa shape index (κ1) is 41.0. The first-order valence-corrected chi connectivity index (χ1v) is 24.1. The first-order valence-electron chi connectivity index (χ1n) is 24.1. The molecule has 13 aromatic rings. The minimum Gasteiger partial charge on any atom is -0.310 e. The van der Waals surface area contributed by atoms with Crippen molar-refractivity contribution in [2.75, 3.05) is 4.90 Å². The van der Waals surface area contributed by atoms with Crippen molar-refractivity contribution in [3.05, 3.63) is 279 Å². The minimum absolute atomic E-state index is 1.07. The molecule has 0 unspecified atom stereocenters. The third kappa shape index (κ3) is 7.13. The normalized spacial score (nSPS) is 11.4. The predicted molar refractivity (Wildman–Crippen MR) is 298 cm³/mol. The van der Waals surface area contributed by atoms with Gasteiger partial charge in [0.1, 0.15) is 0 Å². The molecule has 0 saturated carbocycles. The van der Waals surface area contributed by atoms with Gasteiger partial charge < -0.3 is 9.47 Å². The highest BCUT2D eigenvalue weighted by atomic mass is 15.1. The van der Waals surface area contributed by atoms with E-state index < -0.39 is 0 Å². The molecule has 1 aromatic heterocycles. The van der Waals surface area contributed by atoms with Gasteiger partial charge in [-0.1, -0.05) is 218 Å². The van der Waals surface area contributed by atoms with Crippen LogP contribution < -0.4 is 4.90 Å². The van der Waals surface area contributed by atoms with E-state index in [-0.39, 0.29) is 0 Å². The highest BCUT2D eigenvalue weighted by Crippen LogP contribution is 2.46. The van der Waals surface area contributed by atoms with Crippen LogP contribution in [0.3, 0.4) is 0 Å². The molecule has 70 heavy (non-hydrogen) atoms. The van der Waals surface area contributed by atoms with Crippen molar-refractivity contribution in [1.82, 2.24) is 4.57 Å². The molecule has 0 aliphatic rings. The van der Waals surface area contributed by atoms with E-state index in [9.17, 15) is 0 Å². The average Bonchev–Trinajstić information content (AvgIpc) is 3.78. The second kappa shape index (κ2) is 17.4. The summed E-state index contributed by atoms with van der Waals surface area (Å²) in [5.74, 6) is 0. The summed E-state index contributed by atoms with van der Waals surface area (Å²) in [4.78, 5) is 2.42. The molecule has 0 saturated heterocycles. The second-order valence-electron chi connectivity index (χ2n) is 18.0.